The number of aromatic nitrogens is 1. The van der Waals surface area contributed by atoms with Gasteiger partial charge in [-0.15, -0.1) is 11.3 Å². The first-order valence-corrected chi connectivity index (χ1v) is 14.2. The average Bonchev–Trinajstić information content (AvgIpc) is 3.02. The third-order valence-electron chi connectivity index (χ3n) is 5.82. The Kier molecular flexibility index (Phi) is 6.52. The van der Waals surface area contributed by atoms with Gasteiger partial charge >= 0.3 is 0 Å². The van der Waals surface area contributed by atoms with Gasteiger partial charge in [-0.05, 0) is 59.5 Å². The van der Waals surface area contributed by atoms with Crippen LogP contribution in [0.25, 0.3) is 10.1 Å². The Balaban J connectivity index is 1.79. The number of thiophene rings is 1. The molecule has 0 amide bonds. The largest absolute Gasteiger partial charge is 0.472 e. The lowest BCUT2D eigenvalue weighted by Crippen LogP contribution is -2.53. The molecule has 0 saturated carbocycles. The zero-order valence-corrected chi connectivity index (χ0v) is 20.5. The van der Waals surface area contributed by atoms with Crippen LogP contribution < -0.4 is 10.1 Å². The lowest BCUT2D eigenvalue weighted by molar-refractivity contribution is 0.0837. The monoisotopic (exact) mass is 481 g/mol. The summed E-state index contributed by atoms with van der Waals surface area (Å²) in [5, 5.41) is 14.0. The summed E-state index contributed by atoms with van der Waals surface area (Å²) in [6, 6.07) is 4.34. The van der Waals surface area contributed by atoms with E-state index in [0.717, 1.165) is 33.3 Å². The Hall–Kier alpha value is -0.983. The highest BCUT2D eigenvalue weighted by atomic mass is 79.9. The van der Waals surface area contributed by atoms with Gasteiger partial charge in [0.2, 0.25) is 5.88 Å². The number of pyridine rings is 1. The standard InChI is InChI=1S/C20H28BrN3O2SSi/c1-20(2,3)28(4,5)25-12-15-16(7-6-8-23-15)26-19-14-9-17(21)27-18(14)13(10-22)11-24-19/h9,11,15-16,23H,6-8,12H2,1-5H3. The summed E-state index contributed by atoms with van der Waals surface area (Å²) in [6.07, 6.45) is 3.64. The highest BCUT2D eigenvalue weighted by Gasteiger charge is 2.39. The van der Waals surface area contributed by atoms with E-state index in [1.54, 1.807) is 6.20 Å². The fraction of sp³-hybridized carbons (Fsp3) is 0.600. The summed E-state index contributed by atoms with van der Waals surface area (Å²) in [7, 11) is -1.82. The highest BCUT2D eigenvalue weighted by Crippen LogP contribution is 2.38. The molecule has 1 saturated heterocycles. The maximum atomic E-state index is 9.35. The van der Waals surface area contributed by atoms with Crippen molar-refractivity contribution in [1.29, 1.82) is 5.26 Å². The molecule has 2 aromatic heterocycles. The molecular formula is C20H28BrN3O2SSi. The van der Waals surface area contributed by atoms with Crippen molar-refractivity contribution in [3.8, 4) is 11.9 Å². The lowest BCUT2D eigenvalue weighted by Gasteiger charge is -2.39. The van der Waals surface area contributed by atoms with E-state index in [4.69, 9.17) is 9.16 Å². The Morgan fingerprint density at radius 1 is 1.43 bits per heavy atom. The van der Waals surface area contributed by atoms with Gasteiger partial charge in [-0.1, -0.05) is 20.8 Å². The van der Waals surface area contributed by atoms with Crippen LogP contribution in [-0.2, 0) is 4.43 Å². The first-order valence-electron chi connectivity index (χ1n) is 9.64. The molecule has 5 nitrogen and oxygen atoms in total. The molecule has 2 aromatic rings. The molecule has 0 aliphatic carbocycles. The van der Waals surface area contributed by atoms with E-state index in [-0.39, 0.29) is 17.2 Å². The van der Waals surface area contributed by atoms with Crippen molar-refractivity contribution in [2.24, 2.45) is 0 Å². The Morgan fingerprint density at radius 2 is 2.18 bits per heavy atom. The number of rotatable bonds is 5. The van der Waals surface area contributed by atoms with Crippen molar-refractivity contribution >= 4 is 45.7 Å². The molecule has 28 heavy (non-hydrogen) atoms. The zero-order valence-electron chi connectivity index (χ0n) is 17.1. The minimum atomic E-state index is -1.82. The van der Waals surface area contributed by atoms with E-state index in [1.807, 2.05) is 6.07 Å². The SMILES string of the molecule is CC(C)(C)[Si](C)(C)OCC1NCCCC1Oc1ncc(C#N)c2sc(Br)cc12. The summed E-state index contributed by atoms with van der Waals surface area (Å²) >= 11 is 5.06. The first kappa shape index (κ1) is 21.7. The fourth-order valence-electron chi connectivity index (χ4n) is 3.03. The van der Waals surface area contributed by atoms with Crippen LogP contribution in [0.5, 0.6) is 5.88 Å². The van der Waals surface area contributed by atoms with Crippen LogP contribution >= 0.6 is 27.3 Å². The van der Waals surface area contributed by atoms with Gasteiger partial charge in [0.1, 0.15) is 12.2 Å². The van der Waals surface area contributed by atoms with Crippen LogP contribution in [-0.4, -0.2) is 38.6 Å². The molecule has 3 rings (SSSR count). The summed E-state index contributed by atoms with van der Waals surface area (Å²) in [4.78, 5) is 4.45. The van der Waals surface area contributed by atoms with Crippen LogP contribution in [0.3, 0.4) is 0 Å². The molecule has 0 aromatic carbocycles. The van der Waals surface area contributed by atoms with Crippen LogP contribution in [0, 0.1) is 11.3 Å². The highest BCUT2D eigenvalue weighted by molar-refractivity contribution is 9.11. The van der Waals surface area contributed by atoms with Gasteiger partial charge in [-0.3, -0.25) is 0 Å². The number of hydrogen-bond donors (Lipinski definition) is 1. The Morgan fingerprint density at radius 3 is 2.86 bits per heavy atom. The maximum Gasteiger partial charge on any atom is 0.222 e. The number of ether oxygens (including phenoxy) is 1. The molecule has 3 heterocycles. The number of nitrogens with one attached hydrogen (secondary N) is 1. The molecule has 1 fully saturated rings. The van der Waals surface area contributed by atoms with Gasteiger partial charge in [-0.25, -0.2) is 4.98 Å². The minimum absolute atomic E-state index is 0.000768. The molecule has 1 N–H and O–H groups in total. The molecule has 0 bridgehead atoms. The molecule has 1 aliphatic heterocycles. The first-order chi connectivity index (χ1) is 13.1. The van der Waals surface area contributed by atoms with Crippen molar-refractivity contribution in [3.63, 3.8) is 0 Å². The quantitative estimate of drug-likeness (QED) is 0.574. The number of piperidine rings is 1. The molecule has 2 atom stereocenters. The lowest BCUT2D eigenvalue weighted by atomic mass is 10.0. The number of hydrogen-bond acceptors (Lipinski definition) is 6. The van der Waals surface area contributed by atoms with E-state index in [9.17, 15) is 5.26 Å². The van der Waals surface area contributed by atoms with Crippen molar-refractivity contribution in [2.45, 2.75) is 63.9 Å². The second kappa shape index (κ2) is 8.40. The van der Waals surface area contributed by atoms with Gasteiger partial charge in [0, 0.05) is 0 Å². The van der Waals surface area contributed by atoms with E-state index in [1.165, 1.54) is 11.3 Å². The van der Waals surface area contributed by atoms with E-state index in [2.05, 4.69) is 66.2 Å². The fourth-order valence-corrected chi connectivity index (χ4v) is 5.61. The number of nitriles is 1. The second-order valence-corrected chi connectivity index (χ2v) is 16.1. The third kappa shape index (κ3) is 4.60. The number of halogens is 1. The molecule has 8 heteroatoms. The van der Waals surface area contributed by atoms with Crippen LogP contribution in [0.2, 0.25) is 18.1 Å². The van der Waals surface area contributed by atoms with E-state index >= 15 is 0 Å². The van der Waals surface area contributed by atoms with Gasteiger partial charge < -0.3 is 14.5 Å². The predicted molar refractivity (Wildman–Crippen MR) is 121 cm³/mol. The van der Waals surface area contributed by atoms with Crippen molar-refractivity contribution in [3.05, 3.63) is 21.6 Å². The van der Waals surface area contributed by atoms with Gasteiger partial charge in [0.05, 0.1) is 38.3 Å². The van der Waals surface area contributed by atoms with Gasteiger partial charge in [0.15, 0.2) is 8.32 Å². The molecule has 0 spiro atoms. The normalized spacial score (nSPS) is 20.9. The summed E-state index contributed by atoms with van der Waals surface area (Å²) in [5.41, 5.74) is 0.581. The number of nitrogens with zero attached hydrogens (tertiary/aromatic N) is 2. The second-order valence-electron chi connectivity index (χ2n) is 8.81. The molecule has 1 aliphatic rings. The maximum absolute atomic E-state index is 9.35. The number of fused-ring (bicyclic) bond motifs is 1. The van der Waals surface area contributed by atoms with E-state index < -0.39 is 8.32 Å². The van der Waals surface area contributed by atoms with Crippen LogP contribution in [0.15, 0.2) is 16.0 Å². The molecular weight excluding hydrogens is 454 g/mol. The van der Waals surface area contributed by atoms with Gasteiger partial charge in [-0.2, -0.15) is 5.26 Å². The van der Waals surface area contributed by atoms with Gasteiger partial charge in [0.25, 0.3) is 0 Å². The molecule has 152 valence electrons. The van der Waals surface area contributed by atoms with E-state index in [0.29, 0.717) is 18.1 Å². The molecule has 0 radical (unpaired) electrons. The summed E-state index contributed by atoms with van der Waals surface area (Å²) in [6.45, 7) is 13.0. The minimum Gasteiger partial charge on any atom is -0.472 e. The van der Waals surface area contributed by atoms with Crippen molar-refractivity contribution in [1.82, 2.24) is 10.3 Å². The predicted octanol–water partition coefficient (Wildman–Crippen LogP) is 5.45. The summed E-state index contributed by atoms with van der Waals surface area (Å²) < 4.78 is 14.7. The Bertz CT molecular complexity index is 888. The average molecular weight is 483 g/mol. The van der Waals surface area contributed by atoms with Crippen molar-refractivity contribution in [2.75, 3.05) is 13.2 Å². The van der Waals surface area contributed by atoms with Crippen molar-refractivity contribution < 1.29 is 9.16 Å². The summed E-state index contributed by atoms with van der Waals surface area (Å²) in [5.74, 6) is 0.599. The van der Waals surface area contributed by atoms with Crippen LogP contribution in [0.4, 0.5) is 0 Å². The third-order valence-corrected chi connectivity index (χ3v) is 12.0. The zero-order chi connectivity index (χ0) is 20.5. The smallest absolute Gasteiger partial charge is 0.222 e. The molecule has 2 unspecified atom stereocenters. The topological polar surface area (TPSA) is 67.2 Å². The Labute approximate surface area is 180 Å². The van der Waals surface area contributed by atoms with Crippen LogP contribution in [0.1, 0.15) is 39.2 Å².